The third-order valence-electron chi connectivity index (χ3n) is 3.73. The fourth-order valence-corrected chi connectivity index (χ4v) is 2.18. The zero-order valence-corrected chi connectivity index (χ0v) is 12.2. The highest BCUT2D eigenvalue weighted by Crippen LogP contribution is 2.08. The van der Waals surface area contributed by atoms with Gasteiger partial charge < -0.3 is 4.74 Å². The first kappa shape index (κ1) is 15.4. The molecule has 1 unspecified atom stereocenters. The quantitative estimate of drug-likeness (QED) is 0.513. The molecule has 0 saturated carbocycles. The number of carbonyl (C=O) groups is 1. The summed E-state index contributed by atoms with van der Waals surface area (Å²) >= 11 is 0. The highest BCUT2D eigenvalue weighted by atomic mass is 16.5. The van der Waals surface area contributed by atoms with Gasteiger partial charge in [0.2, 0.25) is 0 Å². The Balaban J connectivity index is 2.17. The maximum Gasteiger partial charge on any atom is 0.320 e. The molecular formula is C14H28N2O2. The van der Waals surface area contributed by atoms with Crippen LogP contribution >= 0.6 is 0 Å². The minimum absolute atomic E-state index is 0.0690. The molecule has 1 atom stereocenters. The van der Waals surface area contributed by atoms with Gasteiger partial charge >= 0.3 is 5.97 Å². The van der Waals surface area contributed by atoms with E-state index in [1.165, 1.54) is 6.42 Å². The molecule has 0 amide bonds. The van der Waals surface area contributed by atoms with Crippen molar-refractivity contribution in [2.75, 3.05) is 39.3 Å². The fraction of sp³-hybridized carbons (Fsp3) is 0.929. The number of unbranched alkanes of at least 4 members (excludes halogenated alkanes) is 1. The topological polar surface area (TPSA) is 32.8 Å². The molecule has 0 spiro atoms. The number of piperazine rings is 1. The molecule has 1 aliphatic heterocycles. The van der Waals surface area contributed by atoms with Gasteiger partial charge in [0, 0.05) is 32.2 Å². The number of nitrogens with zero attached hydrogens (tertiary/aromatic N) is 2. The molecule has 1 aliphatic rings. The van der Waals surface area contributed by atoms with E-state index in [1.807, 2.05) is 0 Å². The summed E-state index contributed by atoms with van der Waals surface area (Å²) in [5, 5.41) is 0. The van der Waals surface area contributed by atoms with Gasteiger partial charge in [-0.05, 0) is 19.8 Å². The molecule has 0 N–H and O–H groups in total. The number of hydrogen-bond donors (Lipinski definition) is 0. The lowest BCUT2D eigenvalue weighted by atomic mass is 10.2. The van der Waals surface area contributed by atoms with Crippen molar-refractivity contribution in [1.29, 1.82) is 0 Å². The lowest BCUT2D eigenvalue weighted by molar-refractivity contribution is -0.145. The van der Waals surface area contributed by atoms with E-state index in [0.717, 1.165) is 39.0 Å². The number of ether oxygens (including phenoxy) is 1. The third kappa shape index (κ3) is 5.36. The molecular weight excluding hydrogens is 228 g/mol. The van der Waals surface area contributed by atoms with Crippen molar-refractivity contribution in [2.45, 2.75) is 46.1 Å². The van der Waals surface area contributed by atoms with E-state index in [4.69, 9.17) is 4.74 Å². The van der Waals surface area contributed by atoms with Crippen molar-refractivity contribution >= 4 is 5.97 Å². The van der Waals surface area contributed by atoms with E-state index in [2.05, 4.69) is 30.6 Å². The number of carbonyl (C=O) groups excluding carboxylic acids is 1. The minimum Gasteiger partial charge on any atom is -0.465 e. The Kier molecular flexibility index (Phi) is 7.28. The molecule has 0 aromatic heterocycles. The van der Waals surface area contributed by atoms with Gasteiger partial charge in [-0.1, -0.05) is 20.3 Å². The summed E-state index contributed by atoms with van der Waals surface area (Å²) in [6, 6.07) is 0.656. The van der Waals surface area contributed by atoms with Gasteiger partial charge in [0.05, 0.1) is 13.2 Å². The van der Waals surface area contributed by atoms with Gasteiger partial charge in [-0.3, -0.25) is 14.6 Å². The summed E-state index contributed by atoms with van der Waals surface area (Å²) in [6.07, 6.45) is 3.23. The van der Waals surface area contributed by atoms with Gasteiger partial charge in [-0.25, -0.2) is 0 Å². The van der Waals surface area contributed by atoms with Crippen molar-refractivity contribution < 1.29 is 9.53 Å². The Morgan fingerprint density at radius 1 is 1.22 bits per heavy atom. The van der Waals surface area contributed by atoms with E-state index in [0.29, 0.717) is 19.2 Å². The molecule has 0 aromatic rings. The van der Waals surface area contributed by atoms with Crippen LogP contribution in [0, 0.1) is 0 Å². The summed E-state index contributed by atoms with van der Waals surface area (Å²) in [5.74, 6) is -0.0690. The Hall–Kier alpha value is -0.610. The summed E-state index contributed by atoms with van der Waals surface area (Å²) in [5.41, 5.74) is 0. The van der Waals surface area contributed by atoms with Gasteiger partial charge in [-0.15, -0.1) is 0 Å². The van der Waals surface area contributed by atoms with Crippen molar-refractivity contribution in [3.8, 4) is 0 Å². The molecule has 0 aromatic carbocycles. The maximum atomic E-state index is 11.6. The molecule has 18 heavy (non-hydrogen) atoms. The SMILES string of the molecule is CCCCOC(=O)CN1CCN(C(C)CC)CC1. The van der Waals surface area contributed by atoms with E-state index >= 15 is 0 Å². The van der Waals surface area contributed by atoms with Crippen molar-refractivity contribution in [3.63, 3.8) is 0 Å². The predicted molar refractivity (Wildman–Crippen MR) is 73.6 cm³/mol. The van der Waals surface area contributed by atoms with Crippen LogP contribution in [0.25, 0.3) is 0 Å². The average molecular weight is 256 g/mol. The first-order chi connectivity index (χ1) is 8.67. The van der Waals surface area contributed by atoms with E-state index in [1.54, 1.807) is 0 Å². The van der Waals surface area contributed by atoms with E-state index in [-0.39, 0.29) is 5.97 Å². The van der Waals surface area contributed by atoms with Crippen molar-refractivity contribution in [3.05, 3.63) is 0 Å². The maximum absolute atomic E-state index is 11.6. The summed E-state index contributed by atoms with van der Waals surface area (Å²) in [7, 11) is 0. The van der Waals surface area contributed by atoms with E-state index in [9.17, 15) is 4.79 Å². The zero-order chi connectivity index (χ0) is 13.4. The average Bonchev–Trinajstić information content (AvgIpc) is 2.39. The Labute approximate surface area is 111 Å². The second kappa shape index (κ2) is 8.48. The lowest BCUT2D eigenvalue weighted by Gasteiger charge is -2.37. The molecule has 0 bridgehead atoms. The second-order valence-electron chi connectivity index (χ2n) is 5.14. The predicted octanol–water partition coefficient (Wildman–Crippen LogP) is 1.75. The third-order valence-corrected chi connectivity index (χ3v) is 3.73. The van der Waals surface area contributed by atoms with Crippen LogP contribution in [0.4, 0.5) is 0 Å². The molecule has 1 fully saturated rings. The highest BCUT2D eigenvalue weighted by Gasteiger charge is 2.21. The van der Waals surface area contributed by atoms with Crippen molar-refractivity contribution in [2.24, 2.45) is 0 Å². The molecule has 4 nitrogen and oxygen atoms in total. The van der Waals surface area contributed by atoms with Crippen molar-refractivity contribution in [1.82, 2.24) is 9.80 Å². The largest absolute Gasteiger partial charge is 0.465 e. The van der Waals surface area contributed by atoms with Gasteiger partial charge in [0.1, 0.15) is 0 Å². The first-order valence-electron chi connectivity index (χ1n) is 7.29. The molecule has 0 aliphatic carbocycles. The first-order valence-corrected chi connectivity index (χ1v) is 7.29. The Morgan fingerprint density at radius 2 is 1.89 bits per heavy atom. The summed E-state index contributed by atoms with van der Waals surface area (Å²) < 4.78 is 5.19. The van der Waals surface area contributed by atoms with Crippen LogP contribution in [0.5, 0.6) is 0 Å². The molecule has 1 heterocycles. The van der Waals surface area contributed by atoms with Gasteiger partial charge in [-0.2, -0.15) is 0 Å². The minimum atomic E-state index is -0.0690. The molecule has 1 rings (SSSR count). The standard InChI is InChI=1S/C14H28N2O2/c1-4-6-11-18-14(17)12-15-7-9-16(10-8-15)13(3)5-2/h13H,4-12H2,1-3H3. The summed E-state index contributed by atoms with van der Waals surface area (Å²) in [6.45, 7) is 11.7. The van der Waals surface area contributed by atoms with Gasteiger partial charge in [0.25, 0.3) is 0 Å². The lowest BCUT2D eigenvalue weighted by Crippen LogP contribution is -2.50. The number of esters is 1. The summed E-state index contributed by atoms with van der Waals surface area (Å²) in [4.78, 5) is 16.3. The molecule has 1 saturated heterocycles. The Bertz CT molecular complexity index is 238. The highest BCUT2D eigenvalue weighted by molar-refractivity contribution is 5.71. The van der Waals surface area contributed by atoms with Crippen LogP contribution in [0.3, 0.4) is 0 Å². The van der Waals surface area contributed by atoms with Crippen LogP contribution in [0.15, 0.2) is 0 Å². The van der Waals surface area contributed by atoms with Crippen LogP contribution in [-0.4, -0.2) is 61.1 Å². The van der Waals surface area contributed by atoms with Crippen LogP contribution in [-0.2, 0) is 9.53 Å². The smallest absolute Gasteiger partial charge is 0.320 e. The fourth-order valence-electron chi connectivity index (χ4n) is 2.18. The zero-order valence-electron chi connectivity index (χ0n) is 12.2. The Morgan fingerprint density at radius 3 is 2.44 bits per heavy atom. The van der Waals surface area contributed by atoms with Crippen LogP contribution < -0.4 is 0 Å². The number of rotatable bonds is 7. The van der Waals surface area contributed by atoms with Crippen LogP contribution in [0.2, 0.25) is 0 Å². The normalized spacial score (nSPS) is 19.7. The van der Waals surface area contributed by atoms with Gasteiger partial charge in [0.15, 0.2) is 0 Å². The monoisotopic (exact) mass is 256 g/mol. The molecule has 106 valence electrons. The molecule has 0 radical (unpaired) electrons. The van der Waals surface area contributed by atoms with E-state index < -0.39 is 0 Å². The molecule has 4 heteroatoms. The van der Waals surface area contributed by atoms with Crippen LogP contribution in [0.1, 0.15) is 40.0 Å². The number of hydrogen-bond acceptors (Lipinski definition) is 4. The second-order valence-corrected chi connectivity index (χ2v) is 5.14.